The largest absolute Gasteiger partial charge is 0.416 e. The van der Waals surface area contributed by atoms with Crippen LogP contribution in [0.3, 0.4) is 0 Å². The third kappa shape index (κ3) is 6.67. The Kier molecular flexibility index (Phi) is 9.05. The maximum absolute atomic E-state index is 13.0. The minimum atomic E-state index is -3.67. The van der Waals surface area contributed by atoms with Crippen molar-refractivity contribution in [3.8, 4) is 0 Å². The van der Waals surface area contributed by atoms with Crippen molar-refractivity contribution >= 4 is 67.1 Å². The van der Waals surface area contributed by atoms with E-state index in [2.05, 4.69) is 20.5 Å². The number of carbonyl (C=O) groups excluding carboxylic acids is 3. The van der Waals surface area contributed by atoms with Gasteiger partial charge in [0.15, 0.2) is 0 Å². The van der Waals surface area contributed by atoms with E-state index >= 15 is 0 Å². The maximum Gasteiger partial charge on any atom is 0.276 e. The molecule has 0 bridgehead atoms. The molecule has 5 aromatic rings. The summed E-state index contributed by atoms with van der Waals surface area (Å²) in [6, 6.07) is 17.0. The highest BCUT2D eigenvalue weighted by atomic mass is 32.2. The molecule has 0 saturated carbocycles. The molecule has 1 aliphatic heterocycles. The summed E-state index contributed by atoms with van der Waals surface area (Å²) >= 11 is 2.32. The van der Waals surface area contributed by atoms with Crippen molar-refractivity contribution in [3.63, 3.8) is 0 Å². The number of anilines is 1. The number of hydrogen-bond donors (Lipinski definition) is 1. The molecule has 1 aliphatic rings. The maximum atomic E-state index is 13.0. The Morgan fingerprint density at radius 1 is 0.933 bits per heavy atom. The van der Waals surface area contributed by atoms with Gasteiger partial charge in [-0.05, 0) is 54.6 Å². The molecule has 2 aromatic heterocycles. The quantitative estimate of drug-likeness (QED) is 0.0953. The molecule has 3 heterocycles. The van der Waals surface area contributed by atoms with Gasteiger partial charge in [0.25, 0.3) is 17.0 Å². The number of aryl methyl sites for hydroxylation is 1. The number of sulfone groups is 1. The lowest BCUT2D eigenvalue weighted by Gasteiger charge is -2.27. The van der Waals surface area contributed by atoms with E-state index in [0.29, 0.717) is 53.1 Å². The number of thioether (sulfide) groups is 1. The lowest BCUT2D eigenvalue weighted by atomic mass is 9.94. The van der Waals surface area contributed by atoms with Crippen LogP contribution in [0.4, 0.5) is 5.69 Å². The molecule has 3 amide bonds. The zero-order valence-corrected chi connectivity index (χ0v) is 26.3. The first-order chi connectivity index (χ1) is 21.8. The van der Waals surface area contributed by atoms with Gasteiger partial charge in [-0.25, -0.2) is 13.4 Å². The second-order valence-corrected chi connectivity index (χ2v) is 14.3. The van der Waals surface area contributed by atoms with Gasteiger partial charge < -0.3 is 9.73 Å². The first kappa shape index (κ1) is 30.6. The highest BCUT2D eigenvalue weighted by molar-refractivity contribution is 7.99. The van der Waals surface area contributed by atoms with Crippen LogP contribution in [-0.2, 0) is 21.1 Å². The fourth-order valence-corrected chi connectivity index (χ4v) is 7.95. The smallest absolute Gasteiger partial charge is 0.276 e. The van der Waals surface area contributed by atoms with Crippen LogP contribution in [0.15, 0.2) is 91.1 Å². The summed E-state index contributed by atoms with van der Waals surface area (Å²) in [7, 11) is -3.67. The standard InChI is InChI=1S/C31H27N5O6S3/c37-25(33-21-11-13-22(14-12-21)45(40,41)31-32-16-19-44-31)15-18-43-30-35-34-26(42-30)10-2-1-3-17-36-28(38)23-8-4-6-20-7-5-9-24(27(20)23)29(36)39/h4-9,11-14,16,19H,1-3,10,15,17-18H2,(H,33,37). The van der Waals surface area contributed by atoms with Crippen molar-refractivity contribution in [3.05, 3.63) is 89.3 Å². The van der Waals surface area contributed by atoms with Crippen molar-refractivity contribution in [2.24, 2.45) is 0 Å². The Morgan fingerprint density at radius 2 is 1.67 bits per heavy atom. The van der Waals surface area contributed by atoms with Crippen LogP contribution in [-0.4, -0.2) is 58.5 Å². The van der Waals surface area contributed by atoms with Gasteiger partial charge in [-0.15, -0.1) is 21.5 Å². The van der Waals surface area contributed by atoms with E-state index in [1.807, 2.05) is 24.3 Å². The number of benzene rings is 3. The molecule has 45 heavy (non-hydrogen) atoms. The van der Waals surface area contributed by atoms with Crippen molar-refractivity contribution in [1.29, 1.82) is 0 Å². The molecule has 3 aromatic carbocycles. The van der Waals surface area contributed by atoms with E-state index in [4.69, 9.17) is 4.42 Å². The lowest BCUT2D eigenvalue weighted by molar-refractivity contribution is -0.115. The Bertz CT molecular complexity index is 1920. The SMILES string of the molecule is O=C(CCSc1nnc(CCCCCN2C(=O)c3cccc4cccc(c34)C2=O)o1)Nc1ccc(S(=O)(=O)c2nccs2)cc1. The lowest BCUT2D eigenvalue weighted by Crippen LogP contribution is -2.40. The zero-order valence-electron chi connectivity index (χ0n) is 23.8. The Balaban J connectivity index is 0.903. The molecular weight excluding hydrogens is 635 g/mol. The molecule has 0 saturated heterocycles. The van der Waals surface area contributed by atoms with Gasteiger partial charge >= 0.3 is 0 Å². The topological polar surface area (TPSA) is 152 Å². The molecule has 14 heteroatoms. The average Bonchev–Trinajstić information content (AvgIpc) is 3.75. The van der Waals surface area contributed by atoms with Crippen LogP contribution in [0.25, 0.3) is 10.8 Å². The third-order valence-electron chi connectivity index (χ3n) is 7.22. The molecule has 1 N–H and O–H groups in total. The van der Waals surface area contributed by atoms with Gasteiger partial charge in [0.2, 0.25) is 26.0 Å². The number of rotatable bonds is 13. The first-order valence-corrected chi connectivity index (χ1v) is 17.5. The van der Waals surface area contributed by atoms with Crippen molar-refractivity contribution in [2.75, 3.05) is 17.6 Å². The highest BCUT2D eigenvalue weighted by Gasteiger charge is 2.32. The third-order valence-corrected chi connectivity index (χ3v) is 11.0. The van der Waals surface area contributed by atoms with Gasteiger partial charge in [-0.1, -0.05) is 42.4 Å². The molecular formula is C31H27N5O6S3. The van der Waals surface area contributed by atoms with Gasteiger partial charge in [0, 0.05) is 58.9 Å². The number of aromatic nitrogens is 3. The van der Waals surface area contributed by atoms with E-state index in [1.54, 1.807) is 17.5 Å². The highest BCUT2D eigenvalue weighted by Crippen LogP contribution is 2.30. The summed E-state index contributed by atoms with van der Waals surface area (Å²) in [5.74, 6) is 0.155. The number of imide groups is 1. The minimum absolute atomic E-state index is 0.0221. The van der Waals surface area contributed by atoms with Crippen LogP contribution in [0, 0.1) is 0 Å². The normalized spacial score (nSPS) is 13.0. The minimum Gasteiger partial charge on any atom is -0.416 e. The molecule has 230 valence electrons. The Hall–Kier alpha value is -4.40. The monoisotopic (exact) mass is 661 g/mol. The summed E-state index contributed by atoms with van der Waals surface area (Å²) in [6.07, 6.45) is 4.37. The Morgan fingerprint density at radius 3 is 2.36 bits per heavy atom. The van der Waals surface area contributed by atoms with E-state index in [-0.39, 0.29) is 33.4 Å². The molecule has 0 radical (unpaired) electrons. The number of nitrogens with one attached hydrogen (secondary N) is 1. The summed E-state index contributed by atoms with van der Waals surface area (Å²) in [5, 5.41) is 14.4. The first-order valence-electron chi connectivity index (χ1n) is 14.2. The number of amides is 3. The van der Waals surface area contributed by atoms with Gasteiger partial charge in [-0.2, -0.15) is 0 Å². The van der Waals surface area contributed by atoms with Crippen molar-refractivity contribution in [2.45, 2.75) is 46.6 Å². The number of unbranched alkanes of at least 4 members (excludes halogenated alkanes) is 2. The Labute approximate surface area is 267 Å². The fourth-order valence-electron chi connectivity index (χ4n) is 5.02. The van der Waals surface area contributed by atoms with Crippen molar-refractivity contribution in [1.82, 2.24) is 20.1 Å². The predicted octanol–water partition coefficient (Wildman–Crippen LogP) is 5.64. The van der Waals surface area contributed by atoms with E-state index in [1.165, 1.54) is 47.1 Å². The average molecular weight is 662 g/mol. The summed E-state index contributed by atoms with van der Waals surface area (Å²) < 4.78 is 30.8. The summed E-state index contributed by atoms with van der Waals surface area (Å²) in [6.45, 7) is 0.339. The van der Waals surface area contributed by atoms with Crippen LogP contribution in [0.1, 0.15) is 52.3 Å². The van der Waals surface area contributed by atoms with Crippen molar-refractivity contribution < 1.29 is 27.2 Å². The molecule has 0 atom stereocenters. The van der Waals surface area contributed by atoms with Gasteiger partial charge in [0.1, 0.15) is 0 Å². The molecule has 0 aliphatic carbocycles. The summed E-state index contributed by atoms with van der Waals surface area (Å²) in [4.78, 5) is 43.7. The van der Waals surface area contributed by atoms with Crippen LogP contribution in [0.2, 0.25) is 0 Å². The van der Waals surface area contributed by atoms with Crippen LogP contribution in [0.5, 0.6) is 0 Å². The predicted molar refractivity (Wildman–Crippen MR) is 169 cm³/mol. The number of nitrogens with zero attached hydrogens (tertiary/aromatic N) is 4. The zero-order chi connectivity index (χ0) is 31.4. The second-order valence-electron chi connectivity index (χ2n) is 10.2. The molecule has 6 rings (SSSR count). The summed E-state index contributed by atoms with van der Waals surface area (Å²) in [5.41, 5.74) is 1.61. The van der Waals surface area contributed by atoms with E-state index in [0.717, 1.165) is 35.0 Å². The fraction of sp³-hybridized carbons (Fsp3) is 0.226. The number of thiazole rings is 1. The molecule has 11 nitrogen and oxygen atoms in total. The molecule has 0 spiro atoms. The number of carbonyl (C=O) groups is 3. The number of hydrogen-bond acceptors (Lipinski definition) is 11. The second kappa shape index (κ2) is 13.3. The van der Waals surface area contributed by atoms with Gasteiger partial charge in [-0.3, -0.25) is 19.3 Å². The molecule has 0 unspecified atom stereocenters. The van der Waals surface area contributed by atoms with Gasteiger partial charge in [0.05, 0.1) is 4.90 Å². The van der Waals surface area contributed by atoms with Crippen LogP contribution >= 0.6 is 23.1 Å². The van der Waals surface area contributed by atoms with E-state index < -0.39 is 9.84 Å². The molecule has 0 fully saturated rings. The van der Waals surface area contributed by atoms with Crippen LogP contribution < -0.4 is 5.32 Å². The van der Waals surface area contributed by atoms with E-state index in [9.17, 15) is 22.8 Å².